The molecule has 2 aromatic carbocycles. The SMILES string of the molecule is CC(=O)OCCCN1C(=O)CN(Cc2ccc(Cl)cc2)/C=C(/c2cccc(Cl)c2)CN(C)C1O. The quantitative estimate of drug-likeness (QED) is 0.455. The summed E-state index contributed by atoms with van der Waals surface area (Å²) < 4.78 is 4.99. The van der Waals surface area contributed by atoms with Crippen LogP contribution in [0.25, 0.3) is 5.57 Å². The number of carbonyl (C=O) groups is 2. The first-order valence-electron chi connectivity index (χ1n) is 11.0. The molecule has 1 heterocycles. The largest absolute Gasteiger partial charge is 0.466 e. The Morgan fingerprint density at radius 3 is 2.53 bits per heavy atom. The van der Waals surface area contributed by atoms with E-state index in [1.807, 2.05) is 53.6 Å². The summed E-state index contributed by atoms with van der Waals surface area (Å²) in [6.07, 6.45) is 1.23. The zero-order valence-electron chi connectivity index (χ0n) is 19.3. The van der Waals surface area contributed by atoms with Gasteiger partial charge in [0.25, 0.3) is 0 Å². The minimum atomic E-state index is -1.14. The second-order valence-corrected chi connectivity index (χ2v) is 9.11. The van der Waals surface area contributed by atoms with Gasteiger partial charge in [0.05, 0.1) is 13.2 Å². The summed E-state index contributed by atoms with van der Waals surface area (Å²) in [6.45, 7) is 2.69. The normalized spacial score (nSPS) is 19.1. The minimum Gasteiger partial charge on any atom is -0.466 e. The number of aliphatic hydroxyl groups is 1. The maximum atomic E-state index is 13.3. The number of halogens is 2. The number of hydrogen-bond donors (Lipinski definition) is 1. The van der Waals surface area contributed by atoms with Crippen molar-refractivity contribution >= 4 is 40.7 Å². The van der Waals surface area contributed by atoms with Gasteiger partial charge in [0.15, 0.2) is 6.35 Å². The van der Waals surface area contributed by atoms with E-state index in [9.17, 15) is 14.7 Å². The molecule has 3 rings (SSSR count). The Kier molecular flexibility index (Phi) is 9.36. The van der Waals surface area contributed by atoms with Crippen molar-refractivity contribution in [3.8, 4) is 0 Å². The summed E-state index contributed by atoms with van der Waals surface area (Å²) in [5.41, 5.74) is 2.81. The van der Waals surface area contributed by atoms with Crippen LogP contribution in [0.15, 0.2) is 54.7 Å². The van der Waals surface area contributed by atoms with E-state index in [0.29, 0.717) is 29.6 Å². The molecule has 34 heavy (non-hydrogen) atoms. The molecule has 0 aromatic heterocycles. The lowest BCUT2D eigenvalue weighted by atomic mass is 10.1. The molecule has 1 N–H and O–H groups in total. The van der Waals surface area contributed by atoms with Gasteiger partial charge in [0.1, 0.15) is 0 Å². The molecule has 0 fully saturated rings. The highest BCUT2D eigenvalue weighted by molar-refractivity contribution is 6.31. The van der Waals surface area contributed by atoms with Crippen LogP contribution in [-0.2, 0) is 20.9 Å². The van der Waals surface area contributed by atoms with E-state index in [4.69, 9.17) is 27.9 Å². The summed E-state index contributed by atoms with van der Waals surface area (Å²) in [5.74, 6) is -0.613. The predicted molar refractivity (Wildman–Crippen MR) is 133 cm³/mol. The lowest BCUT2D eigenvalue weighted by Gasteiger charge is -2.34. The number of aliphatic hydroxyl groups excluding tert-OH is 1. The van der Waals surface area contributed by atoms with Crippen molar-refractivity contribution in [2.75, 3.05) is 33.3 Å². The molecule has 0 bridgehead atoms. The van der Waals surface area contributed by atoms with Gasteiger partial charge in [-0.2, -0.15) is 0 Å². The van der Waals surface area contributed by atoms with Crippen molar-refractivity contribution in [2.24, 2.45) is 0 Å². The van der Waals surface area contributed by atoms with Crippen LogP contribution < -0.4 is 0 Å². The summed E-state index contributed by atoms with van der Waals surface area (Å²) in [5, 5.41) is 12.3. The van der Waals surface area contributed by atoms with Crippen molar-refractivity contribution in [1.82, 2.24) is 14.7 Å². The number of carbonyl (C=O) groups excluding carboxylic acids is 2. The van der Waals surface area contributed by atoms with Crippen LogP contribution in [0.3, 0.4) is 0 Å². The number of esters is 1. The van der Waals surface area contributed by atoms with Crippen LogP contribution in [0, 0.1) is 0 Å². The first-order chi connectivity index (χ1) is 16.2. The molecule has 2 aromatic rings. The summed E-state index contributed by atoms with van der Waals surface area (Å²) in [4.78, 5) is 29.4. The van der Waals surface area contributed by atoms with E-state index in [-0.39, 0.29) is 31.6 Å². The number of hydrogen-bond acceptors (Lipinski definition) is 6. The van der Waals surface area contributed by atoms with Gasteiger partial charge in [-0.15, -0.1) is 0 Å². The molecule has 7 nitrogen and oxygen atoms in total. The number of likely N-dealkylation sites (N-methyl/N-ethyl adjacent to an activating group) is 1. The molecule has 1 unspecified atom stereocenters. The number of amides is 1. The number of rotatable bonds is 7. The fourth-order valence-electron chi connectivity index (χ4n) is 3.76. The smallest absolute Gasteiger partial charge is 0.302 e. The van der Waals surface area contributed by atoms with E-state index in [0.717, 1.165) is 16.7 Å². The van der Waals surface area contributed by atoms with Crippen LogP contribution in [-0.4, -0.2) is 71.3 Å². The van der Waals surface area contributed by atoms with Crippen molar-refractivity contribution in [3.05, 3.63) is 75.9 Å². The molecule has 0 radical (unpaired) electrons. The molecule has 0 saturated heterocycles. The minimum absolute atomic E-state index is 0.0607. The van der Waals surface area contributed by atoms with Crippen molar-refractivity contribution < 1.29 is 19.4 Å². The van der Waals surface area contributed by atoms with E-state index in [1.54, 1.807) is 18.0 Å². The zero-order valence-corrected chi connectivity index (χ0v) is 20.8. The standard InChI is InChI=1S/C25H29Cl2N3O4/c1-18(31)34-12-4-11-30-24(32)17-29(14-19-7-9-22(26)10-8-19)16-21(15-28(2)25(30)33)20-5-3-6-23(27)13-20/h3,5-10,13,16,25,33H,4,11-12,14-15,17H2,1-2H3/b21-16+. The maximum absolute atomic E-state index is 13.3. The Bertz CT molecular complexity index is 1030. The Labute approximate surface area is 210 Å². The summed E-state index contributed by atoms with van der Waals surface area (Å²) in [7, 11) is 1.75. The average molecular weight is 506 g/mol. The van der Waals surface area contributed by atoms with Gasteiger partial charge < -0.3 is 19.6 Å². The molecule has 182 valence electrons. The molecular weight excluding hydrogens is 477 g/mol. The molecule has 1 aliphatic heterocycles. The van der Waals surface area contributed by atoms with Gasteiger partial charge in [-0.25, -0.2) is 0 Å². The molecule has 1 amide bonds. The van der Waals surface area contributed by atoms with Crippen molar-refractivity contribution in [2.45, 2.75) is 26.2 Å². The molecule has 0 spiro atoms. The Balaban J connectivity index is 1.90. The fourth-order valence-corrected chi connectivity index (χ4v) is 4.08. The summed E-state index contributed by atoms with van der Waals surface area (Å²) >= 11 is 12.3. The van der Waals surface area contributed by atoms with Crippen LogP contribution in [0.5, 0.6) is 0 Å². The van der Waals surface area contributed by atoms with Gasteiger partial charge in [-0.05, 0) is 54.4 Å². The van der Waals surface area contributed by atoms with Crippen LogP contribution in [0.1, 0.15) is 24.5 Å². The molecule has 1 aliphatic rings. The first kappa shape index (κ1) is 26.0. The molecular formula is C25H29Cl2N3O4. The molecule has 0 aliphatic carbocycles. The van der Waals surface area contributed by atoms with Crippen molar-refractivity contribution in [3.63, 3.8) is 0 Å². The monoisotopic (exact) mass is 505 g/mol. The number of benzene rings is 2. The third-order valence-electron chi connectivity index (χ3n) is 5.43. The van der Waals surface area contributed by atoms with Crippen LogP contribution in [0.2, 0.25) is 10.0 Å². The molecule has 9 heteroatoms. The fraction of sp³-hybridized carbons (Fsp3) is 0.360. The van der Waals surface area contributed by atoms with Gasteiger partial charge in [0.2, 0.25) is 5.91 Å². The highest BCUT2D eigenvalue weighted by Crippen LogP contribution is 2.24. The predicted octanol–water partition coefficient (Wildman–Crippen LogP) is 3.84. The zero-order chi connectivity index (χ0) is 24.7. The highest BCUT2D eigenvalue weighted by Gasteiger charge is 2.28. The lowest BCUT2D eigenvalue weighted by Crippen LogP contribution is -2.51. The molecule has 1 atom stereocenters. The Morgan fingerprint density at radius 1 is 1.12 bits per heavy atom. The topological polar surface area (TPSA) is 73.3 Å². The average Bonchev–Trinajstić information content (AvgIpc) is 2.82. The van der Waals surface area contributed by atoms with Crippen molar-refractivity contribution in [1.29, 1.82) is 0 Å². The third-order valence-corrected chi connectivity index (χ3v) is 5.92. The van der Waals surface area contributed by atoms with Crippen LogP contribution in [0.4, 0.5) is 0 Å². The third kappa shape index (κ3) is 7.46. The van der Waals surface area contributed by atoms with Gasteiger partial charge in [-0.3, -0.25) is 14.5 Å². The second-order valence-electron chi connectivity index (χ2n) is 8.24. The summed E-state index contributed by atoms with van der Waals surface area (Å²) in [6, 6.07) is 15.0. The number of ether oxygens (including phenoxy) is 1. The second kappa shape index (κ2) is 12.2. The van der Waals surface area contributed by atoms with E-state index >= 15 is 0 Å². The van der Waals surface area contributed by atoms with E-state index < -0.39 is 6.35 Å². The van der Waals surface area contributed by atoms with Crippen LogP contribution >= 0.6 is 23.2 Å². The van der Waals surface area contributed by atoms with Gasteiger partial charge in [0, 0.05) is 42.8 Å². The van der Waals surface area contributed by atoms with Gasteiger partial charge >= 0.3 is 5.97 Å². The maximum Gasteiger partial charge on any atom is 0.302 e. The lowest BCUT2D eigenvalue weighted by molar-refractivity contribution is -0.156. The number of nitrogens with zero attached hydrogens (tertiary/aromatic N) is 3. The Morgan fingerprint density at radius 2 is 1.85 bits per heavy atom. The van der Waals surface area contributed by atoms with Gasteiger partial charge in [-0.1, -0.05) is 47.5 Å². The van der Waals surface area contributed by atoms with E-state index in [1.165, 1.54) is 11.8 Å². The van der Waals surface area contributed by atoms with E-state index in [2.05, 4.69) is 0 Å². The highest BCUT2D eigenvalue weighted by atomic mass is 35.5. The first-order valence-corrected chi connectivity index (χ1v) is 11.7. The molecule has 0 saturated carbocycles. The Hall–Kier alpha value is -2.58.